The minimum Gasteiger partial charge on any atom is -0.493 e. The predicted molar refractivity (Wildman–Crippen MR) is 103 cm³/mol. The van der Waals surface area contributed by atoms with Gasteiger partial charge < -0.3 is 19.7 Å². The second-order valence-electron chi connectivity index (χ2n) is 6.43. The van der Waals surface area contributed by atoms with Gasteiger partial charge in [0.25, 0.3) is 0 Å². The SMILES string of the molecule is COc1cc(C(c2sc3ncnn3c2O)N(C)CCO)ccc1OC(C)C. The molecular formula is C18H24N4O4S. The molecule has 0 spiro atoms. The Kier molecular flexibility index (Phi) is 5.83. The fourth-order valence-corrected chi connectivity index (χ4v) is 4.09. The van der Waals surface area contributed by atoms with Crippen LogP contribution < -0.4 is 9.47 Å². The van der Waals surface area contributed by atoms with E-state index in [-0.39, 0.29) is 24.6 Å². The van der Waals surface area contributed by atoms with Crippen LogP contribution in [0.5, 0.6) is 17.4 Å². The third-order valence-corrected chi connectivity index (χ3v) is 5.23. The summed E-state index contributed by atoms with van der Waals surface area (Å²) < 4.78 is 12.7. The fraction of sp³-hybridized carbons (Fsp3) is 0.444. The highest BCUT2D eigenvalue weighted by Crippen LogP contribution is 2.41. The first kappa shape index (κ1) is 19.4. The minimum absolute atomic E-state index is 0.000199. The Morgan fingerprint density at radius 1 is 1.30 bits per heavy atom. The molecule has 3 aromatic rings. The van der Waals surface area contributed by atoms with Crippen molar-refractivity contribution in [1.82, 2.24) is 19.5 Å². The molecule has 0 aliphatic heterocycles. The normalized spacial score (nSPS) is 12.9. The molecule has 146 valence electrons. The van der Waals surface area contributed by atoms with Crippen molar-refractivity contribution in [3.63, 3.8) is 0 Å². The first-order valence-corrected chi connectivity index (χ1v) is 9.45. The topological polar surface area (TPSA) is 92.4 Å². The van der Waals surface area contributed by atoms with Crippen LogP contribution in [0.3, 0.4) is 0 Å². The average Bonchev–Trinajstić information content (AvgIpc) is 3.20. The zero-order valence-electron chi connectivity index (χ0n) is 15.8. The van der Waals surface area contributed by atoms with Crippen molar-refractivity contribution < 1.29 is 19.7 Å². The van der Waals surface area contributed by atoms with Gasteiger partial charge in [0.1, 0.15) is 6.33 Å². The lowest BCUT2D eigenvalue weighted by Gasteiger charge is -2.27. The van der Waals surface area contributed by atoms with Crippen LogP contribution in [0.25, 0.3) is 4.96 Å². The van der Waals surface area contributed by atoms with Crippen molar-refractivity contribution in [1.29, 1.82) is 0 Å². The van der Waals surface area contributed by atoms with Crippen LogP contribution in [0.1, 0.15) is 30.3 Å². The Balaban J connectivity index is 2.08. The quantitative estimate of drug-likeness (QED) is 0.608. The maximum absolute atomic E-state index is 10.7. The molecule has 0 fully saturated rings. The van der Waals surface area contributed by atoms with Crippen LogP contribution in [-0.4, -0.2) is 63.1 Å². The number of ether oxygens (including phenoxy) is 2. The second kappa shape index (κ2) is 8.12. The van der Waals surface area contributed by atoms with E-state index in [4.69, 9.17) is 9.47 Å². The Bertz CT molecular complexity index is 908. The number of benzene rings is 1. The molecule has 0 radical (unpaired) electrons. The lowest BCUT2D eigenvalue weighted by atomic mass is 10.0. The van der Waals surface area contributed by atoms with E-state index in [0.717, 1.165) is 5.56 Å². The van der Waals surface area contributed by atoms with Crippen LogP contribution >= 0.6 is 11.3 Å². The Labute approximate surface area is 161 Å². The van der Waals surface area contributed by atoms with Gasteiger partial charge in [0, 0.05) is 6.54 Å². The van der Waals surface area contributed by atoms with Crippen molar-refractivity contribution >= 4 is 16.3 Å². The van der Waals surface area contributed by atoms with E-state index in [1.54, 1.807) is 7.11 Å². The van der Waals surface area contributed by atoms with E-state index in [0.29, 0.717) is 27.9 Å². The third-order valence-electron chi connectivity index (χ3n) is 4.15. The van der Waals surface area contributed by atoms with Gasteiger partial charge >= 0.3 is 0 Å². The summed E-state index contributed by atoms with van der Waals surface area (Å²) in [6.45, 7) is 4.35. The van der Waals surface area contributed by atoms with E-state index >= 15 is 0 Å². The second-order valence-corrected chi connectivity index (χ2v) is 7.44. The number of likely N-dealkylation sites (N-methyl/N-ethyl adjacent to an activating group) is 1. The summed E-state index contributed by atoms with van der Waals surface area (Å²) in [5.41, 5.74) is 0.902. The number of rotatable bonds is 8. The molecule has 2 heterocycles. The van der Waals surface area contributed by atoms with Crippen LogP contribution in [0.2, 0.25) is 0 Å². The van der Waals surface area contributed by atoms with Crippen LogP contribution in [0.15, 0.2) is 24.5 Å². The van der Waals surface area contributed by atoms with E-state index in [1.165, 1.54) is 22.2 Å². The molecule has 0 saturated carbocycles. The minimum atomic E-state index is -0.298. The van der Waals surface area contributed by atoms with Crippen LogP contribution in [0, 0.1) is 0 Å². The summed E-state index contributed by atoms with van der Waals surface area (Å²) in [5, 5.41) is 24.1. The number of hydrogen-bond donors (Lipinski definition) is 2. The Morgan fingerprint density at radius 2 is 2.07 bits per heavy atom. The molecule has 0 bridgehead atoms. The summed E-state index contributed by atoms with van der Waals surface area (Å²) in [5.74, 6) is 1.32. The molecule has 2 N–H and O–H groups in total. The van der Waals surface area contributed by atoms with Gasteiger partial charge in [-0.1, -0.05) is 17.4 Å². The van der Waals surface area contributed by atoms with Gasteiger partial charge in [-0.15, -0.1) is 0 Å². The molecule has 2 aromatic heterocycles. The molecule has 3 rings (SSSR count). The third kappa shape index (κ3) is 3.85. The van der Waals surface area contributed by atoms with Gasteiger partial charge in [-0.3, -0.25) is 4.90 Å². The maximum atomic E-state index is 10.7. The van der Waals surface area contributed by atoms with Gasteiger partial charge in [-0.2, -0.15) is 9.61 Å². The van der Waals surface area contributed by atoms with Crippen molar-refractivity contribution in [2.45, 2.75) is 26.0 Å². The lowest BCUT2D eigenvalue weighted by Crippen LogP contribution is -2.28. The molecule has 0 saturated heterocycles. The molecule has 1 aromatic carbocycles. The summed E-state index contributed by atoms with van der Waals surface area (Å²) >= 11 is 1.36. The summed E-state index contributed by atoms with van der Waals surface area (Å²) in [6.07, 6.45) is 1.43. The fourth-order valence-electron chi connectivity index (χ4n) is 2.97. The van der Waals surface area contributed by atoms with Gasteiger partial charge in [-0.05, 0) is 38.6 Å². The molecule has 27 heavy (non-hydrogen) atoms. The standard InChI is InChI=1S/C18H24N4O4S/c1-11(2)26-13-6-5-12(9-14(13)25-4)15(21(3)7-8-23)16-17(24)22-18(27-16)19-10-20-22/h5-6,9-11,15,23-24H,7-8H2,1-4H3. The monoisotopic (exact) mass is 392 g/mol. The summed E-state index contributed by atoms with van der Waals surface area (Å²) in [7, 11) is 3.49. The van der Waals surface area contributed by atoms with Crippen molar-refractivity contribution in [3.05, 3.63) is 35.0 Å². The predicted octanol–water partition coefficient (Wildman–Crippen LogP) is 2.31. The van der Waals surface area contributed by atoms with E-state index in [1.807, 2.05) is 44.0 Å². The zero-order chi connectivity index (χ0) is 19.6. The number of fused-ring (bicyclic) bond motifs is 1. The van der Waals surface area contributed by atoms with Crippen molar-refractivity contribution in [2.75, 3.05) is 27.3 Å². The highest BCUT2D eigenvalue weighted by atomic mass is 32.1. The number of hydrogen-bond acceptors (Lipinski definition) is 8. The number of aromatic nitrogens is 3. The van der Waals surface area contributed by atoms with Gasteiger partial charge in [0.05, 0.1) is 30.7 Å². The summed E-state index contributed by atoms with van der Waals surface area (Å²) in [4.78, 5) is 7.42. The van der Waals surface area contributed by atoms with Crippen molar-refractivity contribution in [3.8, 4) is 17.4 Å². The van der Waals surface area contributed by atoms with Gasteiger partial charge in [-0.25, -0.2) is 4.98 Å². The van der Waals surface area contributed by atoms with E-state index in [2.05, 4.69) is 10.1 Å². The Morgan fingerprint density at radius 3 is 2.70 bits per heavy atom. The highest BCUT2D eigenvalue weighted by molar-refractivity contribution is 7.17. The highest BCUT2D eigenvalue weighted by Gasteiger charge is 2.28. The number of nitrogens with zero attached hydrogens (tertiary/aromatic N) is 4. The number of aliphatic hydroxyl groups is 1. The number of aromatic hydroxyl groups is 1. The summed E-state index contributed by atoms with van der Waals surface area (Å²) in [6, 6.07) is 5.40. The first-order chi connectivity index (χ1) is 13.0. The molecule has 9 heteroatoms. The largest absolute Gasteiger partial charge is 0.493 e. The smallest absolute Gasteiger partial charge is 0.230 e. The number of methoxy groups -OCH3 is 1. The molecule has 1 atom stereocenters. The zero-order valence-corrected chi connectivity index (χ0v) is 16.6. The molecular weight excluding hydrogens is 368 g/mol. The molecule has 0 aliphatic rings. The molecule has 0 amide bonds. The van der Waals surface area contributed by atoms with E-state index in [9.17, 15) is 10.2 Å². The lowest BCUT2D eigenvalue weighted by molar-refractivity contribution is 0.196. The molecule has 1 unspecified atom stereocenters. The average molecular weight is 392 g/mol. The van der Waals surface area contributed by atoms with Gasteiger partial charge in [0.2, 0.25) is 10.8 Å². The van der Waals surface area contributed by atoms with Crippen LogP contribution in [-0.2, 0) is 0 Å². The number of thiazole rings is 1. The number of aliphatic hydroxyl groups excluding tert-OH is 1. The van der Waals surface area contributed by atoms with Crippen molar-refractivity contribution in [2.24, 2.45) is 0 Å². The first-order valence-electron chi connectivity index (χ1n) is 8.63. The van der Waals surface area contributed by atoms with E-state index < -0.39 is 0 Å². The van der Waals surface area contributed by atoms with Crippen LogP contribution in [0.4, 0.5) is 0 Å². The Hall–Kier alpha value is -2.36. The molecule has 0 aliphatic carbocycles. The maximum Gasteiger partial charge on any atom is 0.230 e. The van der Waals surface area contributed by atoms with Gasteiger partial charge in [0.15, 0.2) is 11.5 Å². The molecule has 8 nitrogen and oxygen atoms in total.